The molecular formula is C16H19N5O2S. The lowest BCUT2D eigenvalue weighted by molar-refractivity contribution is 0.415. The number of aromatic amines is 1. The van der Waals surface area contributed by atoms with E-state index in [1.807, 2.05) is 17.0 Å². The van der Waals surface area contributed by atoms with E-state index in [1.165, 1.54) is 0 Å². The highest BCUT2D eigenvalue weighted by atomic mass is 32.1. The van der Waals surface area contributed by atoms with Gasteiger partial charge < -0.3 is 20.7 Å². The fourth-order valence-corrected chi connectivity index (χ4v) is 2.96. The third-order valence-corrected chi connectivity index (χ3v) is 4.22. The molecule has 0 atom stereocenters. The molecule has 2 aromatic rings. The number of aromatic nitrogens is 2. The predicted molar refractivity (Wildman–Crippen MR) is 99.0 cm³/mol. The number of hydrogen-bond donors (Lipinski definition) is 3. The molecule has 1 fully saturated rings. The molecule has 1 aromatic carbocycles. The highest BCUT2D eigenvalue weighted by molar-refractivity contribution is 7.81. The van der Waals surface area contributed by atoms with E-state index in [-0.39, 0.29) is 21.9 Å². The van der Waals surface area contributed by atoms with Crippen LogP contribution in [0.15, 0.2) is 29.1 Å². The number of nitrogen functional groups attached to an aromatic ring is 1. The van der Waals surface area contributed by atoms with Crippen LogP contribution in [-0.4, -0.2) is 35.2 Å². The third kappa shape index (κ3) is 3.33. The molecule has 0 aliphatic carbocycles. The molecule has 1 aliphatic heterocycles. The van der Waals surface area contributed by atoms with Gasteiger partial charge in [-0.15, -0.1) is 0 Å². The lowest BCUT2D eigenvalue weighted by Gasteiger charge is -2.17. The van der Waals surface area contributed by atoms with Crippen LogP contribution < -0.4 is 26.2 Å². The Bertz CT molecular complexity index is 797. The minimum Gasteiger partial charge on any atom is -0.497 e. The van der Waals surface area contributed by atoms with Gasteiger partial charge in [-0.25, -0.2) is 0 Å². The van der Waals surface area contributed by atoms with Crippen LogP contribution in [0.4, 0.5) is 17.5 Å². The number of anilines is 3. The Kier molecular flexibility index (Phi) is 4.66. The Labute approximate surface area is 144 Å². The van der Waals surface area contributed by atoms with Crippen LogP contribution in [0.25, 0.3) is 0 Å². The van der Waals surface area contributed by atoms with Crippen molar-refractivity contribution in [3.05, 3.63) is 40.2 Å². The van der Waals surface area contributed by atoms with Gasteiger partial charge in [-0.1, -0.05) is 12.2 Å². The highest BCUT2D eigenvalue weighted by Gasteiger charge is 2.19. The molecule has 0 radical (unpaired) electrons. The summed E-state index contributed by atoms with van der Waals surface area (Å²) < 4.78 is 5.11. The minimum atomic E-state index is -0.338. The Balaban J connectivity index is 1.82. The van der Waals surface area contributed by atoms with Crippen molar-refractivity contribution in [1.82, 2.24) is 9.97 Å². The normalized spacial score (nSPS) is 13.8. The number of methoxy groups -OCH3 is 1. The Morgan fingerprint density at radius 3 is 2.58 bits per heavy atom. The molecular weight excluding hydrogens is 326 g/mol. The molecule has 0 saturated carbocycles. The molecule has 0 amide bonds. The standard InChI is InChI=1S/C16H19N5O2S/c1-23-11-6-4-10(5-7-11)18-15(24)12-13(17)19-16(20-14(12)22)21-8-2-3-9-21/h4-7H,2-3,8-9H2,1H3,(H,18,24)(H3,17,19,20,22). The van der Waals surface area contributed by atoms with Crippen LogP contribution >= 0.6 is 12.2 Å². The minimum absolute atomic E-state index is 0.131. The highest BCUT2D eigenvalue weighted by Crippen LogP contribution is 2.19. The van der Waals surface area contributed by atoms with Crippen LogP contribution in [0, 0.1) is 0 Å². The summed E-state index contributed by atoms with van der Waals surface area (Å²) >= 11 is 5.32. The number of ether oxygens (including phenoxy) is 1. The molecule has 2 heterocycles. The van der Waals surface area contributed by atoms with Gasteiger partial charge in [0.25, 0.3) is 5.56 Å². The van der Waals surface area contributed by atoms with Crippen LogP contribution in [0.5, 0.6) is 5.75 Å². The Morgan fingerprint density at radius 1 is 1.33 bits per heavy atom. The number of hydrogen-bond acceptors (Lipinski definition) is 6. The topological polar surface area (TPSA) is 96.3 Å². The van der Waals surface area contributed by atoms with E-state index < -0.39 is 0 Å². The van der Waals surface area contributed by atoms with Gasteiger partial charge in [0.05, 0.1) is 7.11 Å². The summed E-state index contributed by atoms with van der Waals surface area (Å²) in [5.41, 5.74) is 6.57. The fourth-order valence-electron chi connectivity index (χ4n) is 2.64. The quantitative estimate of drug-likeness (QED) is 0.726. The van der Waals surface area contributed by atoms with E-state index in [1.54, 1.807) is 19.2 Å². The molecule has 7 nitrogen and oxygen atoms in total. The molecule has 0 unspecified atom stereocenters. The molecule has 3 rings (SSSR count). The zero-order valence-corrected chi connectivity index (χ0v) is 14.2. The van der Waals surface area contributed by atoms with E-state index in [0.717, 1.165) is 37.4 Å². The van der Waals surface area contributed by atoms with Gasteiger partial charge >= 0.3 is 0 Å². The van der Waals surface area contributed by atoms with Crippen molar-refractivity contribution < 1.29 is 4.74 Å². The maximum absolute atomic E-state index is 12.4. The van der Waals surface area contributed by atoms with Crippen molar-refractivity contribution in [1.29, 1.82) is 0 Å². The lowest BCUT2D eigenvalue weighted by atomic mass is 10.2. The van der Waals surface area contributed by atoms with Gasteiger partial charge in [-0.05, 0) is 37.1 Å². The van der Waals surface area contributed by atoms with Gasteiger partial charge in [0, 0.05) is 18.8 Å². The first-order valence-electron chi connectivity index (χ1n) is 7.68. The predicted octanol–water partition coefficient (Wildman–Crippen LogP) is 1.75. The van der Waals surface area contributed by atoms with Crippen LogP contribution in [0.3, 0.4) is 0 Å². The number of nitrogens with two attached hydrogens (primary N) is 1. The van der Waals surface area contributed by atoms with Crippen LogP contribution in [0.2, 0.25) is 0 Å². The fraction of sp³-hybridized carbons (Fsp3) is 0.312. The van der Waals surface area contributed by atoms with E-state index in [9.17, 15) is 4.79 Å². The van der Waals surface area contributed by atoms with Crippen molar-refractivity contribution in [2.45, 2.75) is 12.8 Å². The molecule has 4 N–H and O–H groups in total. The van der Waals surface area contributed by atoms with Crippen LogP contribution in [-0.2, 0) is 0 Å². The summed E-state index contributed by atoms with van der Waals surface area (Å²) in [6.07, 6.45) is 2.17. The van der Waals surface area contributed by atoms with E-state index in [2.05, 4.69) is 15.3 Å². The smallest absolute Gasteiger partial charge is 0.264 e. The van der Waals surface area contributed by atoms with Gasteiger partial charge in [0.2, 0.25) is 5.95 Å². The Hall–Kier alpha value is -2.61. The van der Waals surface area contributed by atoms with Crippen LogP contribution in [0.1, 0.15) is 18.4 Å². The second-order valence-corrected chi connectivity index (χ2v) is 5.93. The number of thiocarbonyl (C=S) groups is 1. The van der Waals surface area contributed by atoms with E-state index >= 15 is 0 Å². The first-order valence-corrected chi connectivity index (χ1v) is 8.09. The summed E-state index contributed by atoms with van der Waals surface area (Å²) in [7, 11) is 1.60. The third-order valence-electron chi connectivity index (χ3n) is 3.92. The lowest BCUT2D eigenvalue weighted by Crippen LogP contribution is -2.30. The molecule has 1 aromatic heterocycles. The SMILES string of the molecule is COc1ccc(NC(=S)c2c(N)nc(N3CCCC3)[nH]c2=O)cc1. The molecule has 1 saturated heterocycles. The molecule has 0 bridgehead atoms. The first kappa shape index (κ1) is 16.3. The van der Waals surface area contributed by atoms with Crippen molar-refractivity contribution >= 4 is 34.7 Å². The monoisotopic (exact) mass is 345 g/mol. The summed E-state index contributed by atoms with van der Waals surface area (Å²) in [4.78, 5) is 21.7. The average molecular weight is 345 g/mol. The van der Waals surface area contributed by atoms with Crippen molar-refractivity contribution in [2.75, 3.05) is 36.1 Å². The Morgan fingerprint density at radius 2 is 2.00 bits per heavy atom. The van der Waals surface area contributed by atoms with Gasteiger partial charge in [0.15, 0.2) is 0 Å². The van der Waals surface area contributed by atoms with E-state index in [4.69, 9.17) is 22.7 Å². The zero-order chi connectivity index (χ0) is 17.1. The number of nitrogens with one attached hydrogen (secondary N) is 2. The van der Waals surface area contributed by atoms with Gasteiger partial charge in [0.1, 0.15) is 22.1 Å². The molecule has 1 aliphatic rings. The number of nitrogens with zero attached hydrogens (tertiary/aromatic N) is 2. The number of H-pyrrole nitrogens is 1. The summed E-state index contributed by atoms with van der Waals surface area (Å²) in [6, 6.07) is 7.21. The second kappa shape index (κ2) is 6.88. The van der Waals surface area contributed by atoms with Gasteiger partial charge in [-0.2, -0.15) is 4.98 Å². The molecule has 24 heavy (non-hydrogen) atoms. The van der Waals surface area contributed by atoms with E-state index in [0.29, 0.717) is 5.95 Å². The number of rotatable bonds is 4. The molecule has 8 heteroatoms. The first-order chi connectivity index (χ1) is 11.6. The zero-order valence-electron chi connectivity index (χ0n) is 13.3. The van der Waals surface area contributed by atoms with Gasteiger partial charge in [-0.3, -0.25) is 9.78 Å². The van der Waals surface area contributed by atoms with Crippen molar-refractivity contribution in [2.24, 2.45) is 0 Å². The van der Waals surface area contributed by atoms with Crippen molar-refractivity contribution in [3.63, 3.8) is 0 Å². The summed E-state index contributed by atoms with van der Waals surface area (Å²) in [5.74, 6) is 1.37. The summed E-state index contributed by atoms with van der Waals surface area (Å²) in [6.45, 7) is 1.74. The average Bonchev–Trinajstić information content (AvgIpc) is 3.09. The molecule has 126 valence electrons. The van der Waals surface area contributed by atoms with Crippen molar-refractivity contribution in [3.8, 4) is 5.75 Å². The summed E-state index contributed by atoms with van der Waals surface area (Å²) in [5, 5.41) is 3.00. The molecule has 0 spiro atoms. The second-order valence-electron chi connectivity index (χ2n) is 5.53. The largest absolute Gasteiger partial charge is 0.497 e. The maximum atomic E-state index is 12.4. The maximum Gasteiger partial charge on any atom is 0.264 e. The number of benzene rings is 1.